The van der Waals surface area contributed by atoms with Gasteiger partial charge in [-0.2, -0.15) is 0 Å². The van der Waals surface area contributed by atoms with Crippen molar-refractivity contribution in [2.45, 2.75) is 45.4 Å². The van der Waals surface area contributed by atoms with Gasteiger partial charge in [0.25, 0.3) is 0 Å². The van der Waals surface area contributed by atoms with E-state index < -0.39 is 0 Å². The van der Waals surface area contributed by atoms with Crippen molar-refractivity contribution in [2.75, 3.05) is 0 Å². The Morgan fingerprint density at radius 1 is 1.40 bits per heavy atom. The number of allylic oxidation sites excluding steroid dienone is 3. The Morgan fingerprint density at radius 3 is 2.95 bits per heavy atom. The quantitative estimate of drug-likeness (QED) is 0.790. The van der Waals surface area contributed by atoms with Gasteiger partial charge < -0.3 is 9.84 Å². The molecule has 2 atom stereocenters. The average Bonchev–Trinajstić information content (AvgIpc) is 2.38. The second-order valence-corrected chi connectivity index (χ2v) is 6.03. The van der Waals surface area contributed by atoms with E-state index in [-0.39, 0.29) is 5.92 Å². The molecule has 0 saturated heterocycles. The van der Waals surface area contributed by atoms with Crippen molar-refractivity contribution in [3.05, 3.63) is 47.2 Å². The van der Waals surface area contributed by atoms with Crippen LogP contribution in [0.5, 0.6) is 11.5 Å². The lowest BCUT2D eigenvalue weighted by atomic mass is 9.74. The maximum atomic E-state index is 10.4. The van der Waals surface area contributed by atoms with E-state index in [0.717, 1.165) is 48.3 Å². The standard InChI is InChI=1S/C18H22O2/c1-4-5-13-9-16(19)18-15-8-11(2)6-7-14(15)12(3)20-17(18)10-13/h8-10,14-15,19H,3-7H2,1-2H3/t14-,15+/m0/s1. The van der Waals surface area contributed by atoms with Crippen molar-refractivity contribution in [1.82, 2.24) is 0 Å². The first-order valence-electron chi connectivity index (χ1n) is 7.50. The van der Waals surface area contributed by atoms with Crippen LogP contribution < -0.4 is 4.74 Å². The van der Waals surface area contributed by atoms with E-state index >= 15 is 0 Å². The number of hydrogen-bond donors (Lipinski definition) is 1. The summed E-state index contributed by atoms with van der Waals surface area (Å²) in [6.07, 6.45) is 6.44. The molecule has 1 aromatic carbocycles. The van der Waals surface area contributed by atoms with E-state index in [1.165, 1.54) is 5.57 Å². The largest absolute Gasteiger partial charge is 0.507 e. The normalized spacial score (nSPS) is 24.5. The Labute approximate surface area is 120 Å². The topological polar surface area (TPSA) is 29.5 Å². The minimum Gasteiger partial charge on any atom is -0.507 e. The molecule has 0 unspecified atom stereocenters. The van der Waals surface area contributed by atoms with E-state index in [9.17, 15) is 5.11 Å². The van der Waals surface area contributed by atoms with Gasteiger partial charge in [0.05, 0.1) is 0 Å². The second kappa shape index (κ2) is 5.01. The van der Waals surface area contributed by atoms with Crippen LogP contribution in [0.1, 0.15) is 50.2 Å². The minimum absolute atomic E-state index is 0.218. The van der Waals surface area contributed by atoms with Gasteiger partial charge in [0.2, 0.25) is 0 Å². The number of rotatable bonds is 2. The smallest absolute Gasteiger partial charge is 0.134 e. The predicted octanol–water partition coefficient (Wildman–Crippen LogP) is 4.69. The second-order valence-electron chi connectivity index (χ2n) is 6.03. The number of benzene rings is 1. The van der Waals surface area contributed by atoms with Gasteiger partial charge in [0, 0.05) is 17.4 Å². The molecule has 0 aromatic heterocycles. The lowest BCUT2D eigenvalue weighted by Crippen LogP contribution is -2.25. The molecule has 20 heavy (non-hydrogen) atoms. The lowest BCUT2D eigenvalue weighted by Gasteiger charge is -2.37. The Balaban J connectivity index is 2.11. The molecule has 106 valence electrons. The van der Waals surface area contributed by atoms with Crippen LogP contribution >= 0.6 is 0 Å². The van der Waals surface area contributed by atoms with Gasteiger partial charge in [-0.3, -0.25) is 0 Å². The fourth-order valence-corrected chi connectivity index (χ4v) is 3.45. The third-order valence-corrected chi connectivity index (χ3v) is 4.45. The molecule has 2 nitrogen and oxygen atoms in total. The highest BCUT2D eigenvalue weighted by atomic mass is 16.5. The first kappa shape index (κ1) is 13.3. The molecule has 2 heteroatoms. The van der Waals surface area contributed by atoms with Crippen molar-refractivity contribution in [1.29, 1.82) is 0 Å². The monoisotopic (exact) mass is 270 g/mol. The van der Waals surface area contributed by atoms with Gasteiger partial charge in [0.1, 0.15) is 17.3 Å². The first-order chi connectivity index (χ1) is 9.60. The number of hydrogen-bond acceptors (Lipinski definition) is 2. The molecule has 2 aliphatic rings. The van der Waals surface area contributed by atoms with Gasteiger partial charge in [-0.15, -0.1) is 0 Å². The van der Waals surface area contributed by atoms with Crippen molar-refractivity contribution >= 4 is 0 Å². The summed E-state index contributed by atoms with van der Waals surface area (Å²) < 4.78 is 5.92. The molecule has 1 aliphatic heterocycles. The summed E-state index contributed by atoms with van der Waals surface area (Å²) in [7, 11) is 0. The van der Waals surface area contributed by atoms with E-state index in [1.54, 1.807) is 0 Å². The third-order valence-electron chi connectivity index (χ3n) is 4.45. The molecular weight excluding hydrogens is 248 g/mol. The van der Waals surface area contributed by atoms with E-state index in [4.69, 9.17) is 4.74 Å². The fourth-order valence-electron chi connectivity index (χ4n) is 3.45. The van der Waals surface area contributed by atoms with Gasteiger partial charge in [0.15, 0.2) is 0 Å². The summed E-state index contributed by atoms with van der Waals surface area (Å²) in [6, 6.07) is 3.96. The van der Waals surface area contributed by atoms with Crippen LogP contribution in [0.2, 0.25) is 0 Å². The van der Waals surface area contributed by atoms with Crippen LogP contribution in [0.25, 0.3) is 0 Å². The number of phenolic OH excluding ortho intramolecular Hbond substituents is 1. The Kier molecular flexibility index (Phi) is 3.33. The van der Waals surface area contributed by atoms with Crippen LogP contribution in [0, 0.1) is 5.92 Å². The highest BCUT2D eigenvalue weighted by Gasteiger charge is 2.36. The first-order valence-corrected chi connectivity index (χ1v) is 7.50. The van der Waals surface area contributed by atoms with Gasteiger partial charge in [-0.05, 0) is 43.9 Å². The maximum absolute atomic E-state index is 10.4. The Hall–Kier alpha value is -1.70. The summed E-state index contributed by atoms with van der Waals surface area (Å²) in [5.74, 6) is 2.54. The van der Waals surface area contributed by atoms with Gasteiger partial charge >= 0.3 is 0 Å². The highest BCUT2D eigenvalue weighted by Crippen LogP contribution is 2.51. The van der Waals surface area contributed by atoms with E-state index in [2.05, 4.69) is 32.6 Å². The number of aryl methyl sites for hydroxylation is 1. The van der Waals surface area contributed by atoms with Crippen molar-refractivity contribution in [2.24, 2.45) is 5.92 Å². The Morgan fingerprint density at radius 2 is 2.20 bits per heavy atom. The molecule has 1 N–H and O–H groups in total. The number of aromatic hydroxyl groups is 1. The van der Waals surface area contributed by atoms with Crippen LogP contribution in [-0.2, 0) is 6.42 Å². The summed E-state index contributed by atoms with van der Waals surface area (Å²) in [5.41, 5.74) is 3.47. The fraction of sp³-hybridized carbons (Fsp3) is 0.444. The molecule has 0 fully saturated rings. The molecule has 0 amide bonds. The number of fused-ring (bicyclic) bond motifs is 3. The van der Waals surface area contributed by atoms with Gasteiger partial charge in [-0.25, -0.2) is 0 Å². The van der Waals surface area contributed by atoms with Crippen LogP contribution in [0.15, 0.2) is 36.1 Å². The molecule has 0 saturated carbocycles. The van der Waals surface area contributed by atoms with Crippen LogP contribution in [0.3, 0.4) is 0 Å². The highest BCUT2D eigenvalue weighted by molar-refractivity contribution is 5.54. The molecule has 0 bridgehead atoms. The molecule has 0 spiro atoms. The van der Waals surface area contributed by atoms with Crippen molar-refractivity contribution in [3.8, 4) is 11.5 Å². The SMILES string of the molecule is C=C1Oc2cc(CCC)cc(O)c2[C@@H]2C=C(C)CC[C@@H]12. The Bertz CT molecular complexity index is 583. The molecule has 1 aliphatic carbocycles. The zero-order chi connectivity index (χ0) is 14.3. The molecule has 1 aromatic rings. The third kappa shape index (κ3) is 2.13. The summed E-state index contributed by atoms with van der Waals surface area (Å²) in [5, 5.41) is 10.4. The summed E-state index contributed by atoms with van der Waals surface area (Å²) in [6.45, 7) is 8.40. The predicted molar refractivity (Wildman–Crippen MR) is 81.1 cm³/mol. The summed E-state index contributed by atoms with van der Waals surface area (Å²) in [4.78, 5) is 0. The summed E-state index contributed by atoms with van der Waals surface area (Å²) >= 11 is 0. The molecular formula is C18H22O2. The van der Waals surface area contributed by atoms with Crippen molar-refractivity contribution < 1.29 is 9.84 Å². The van der Waals surface area contributed by atoms with Crippen LogP contribution in [-0.4, -0.2) is 5.11 Å². The van der Waals surface area contributed by atoms with Crippen molar-refractivity contribution in [3.63, 3.8) is 0 Å². The van der Waals surface area contributed by atoms with Gasteiger partial charge in [-0.1, -0.05) is 31.6 Å². The number of ether oxygens (including phenoxy) is 1. The zero-order valence-corrected chi connectivity index (χ0v) is 12.3. The zero-order valence-electron chi connectivity index (χ0n) is 12.3. The minimum atomic E-state index is 0.218. The molecule has 1 heterocycles. The van der Waals surface area contributed by atoms with Crippen LogP contribution in [0.4, 0.5) is 0 Å². The average molecular weight is 270 g/mol. The maximum Gasteiger partial charge on any atom is 0.134 e. The lowest BCUT2D eigenvalue weighted by molar-refractivity contribution is 0.275. The van der Waals surface area contributed by atoms with E-state index in [0.29, 0.717) is 11.7 Å². The number of phenols is 1. The molecule has 0 radical (unpaired) electrons. The molecule has 3 rings (SSSR count). The van der Waals surface area contributed by atoms with E-state index in [1.807, 2.05) is 6.07 Å².